The maximum Gasteiger partial charge on any atom is 0.253 e. The van der Waals surface area contributed by atoms with Crippen molar-refractivity contribution < 1.29 is 13.2 Å². The molecule has 0 unspecified atom stereocenters. The Hall–Kier alpha value is -2.40. The second kappa shape index (κ2) is 8.31. The monoisotopic (exact) mass is 417 g/mol. The maximum atomic E-state index is 13.1. The summed E-state index contributed by atoms with van der Waals surface area (Å²) in [6, 6.07) is 13.4. The molecule has 6 nitrogen and oxygen atoms in total. The topological polar surface area (TPSA) is 81.5 Å². The van der Waals surface area contributed by atoms with Crippen LogP contribution in [0.3, 0.4) is 0 Å². The Bertz CT molecular complexity index is 1050. The van der Waals surface area contributed by atoms with Gasteiger partial charge in [0.15, 0.2) is 0 Å². The summed E-state index contributed by atoms with van der Waals surface area (Å²) >= 11 is 5.95. The second-order valence-corrected chi connectivity index (χ2v) is 9.01. The lowest BCUT2D eigenvalue weighted by Gasteiger charge is -2.22. The fraction of sp³-hybridized carbons (Fsp3) is 0.300. The number of sulfonamides is 1. The molecule has 146 valence electrons. The molecule has 1 amide bonds. The van der Waals surface area contributed by atoms with Gasteiger partial charge in [-0.05, 0) is 43.7 Å². The molecule has 0 aromatic heterocycles. The van der Waals surface area contributed by atoms with E-state index in [4.69, 9.17) is 11.6 Å². The Morgan fingerprint density at radius 2 is 1.89 bits per heavy atom. The molecule has 1 saturated heterocycles. The molecule has 1 fully saturated rings. The van der Waals surface area contributed by atoms with Crippen LogP contribution < -0.4 is 0 Å². The lowest BCUT2D eigenvalue weighted by Crippen LogP contribution is -2.37. The molecule has 0 spiro atoms. The number of nitrogens with zero attached hydrogens (tertiary/aromatic N) is 3. The lowest BCUT2D eigenvalue weighted by molar-refractivity contribution is 0.0764. The van der Waals surface area contributed by atoms with Gasteiger partial charge in [-0.2, -0.15) is 9.57 Å². The molecule has 3 rings (SSSR count). The summed E-state index contributed by atoms with van der Waals surface area (Å²) in [5, 5.41) is 9.51. The van der Waals surface area contributed by atoms with Crippen molar-refractivity contribution in [2.24, 2.45) is 0 Å². The smallest absolute Gasteiger partial charge is 0.253 e. The van der Waals surface area contributed by atoms with E-state index in [0.717, 1.165) is 5.56 Å². The van der Waals surface area contributed by atoms with Gasteiger partial charge in [0.2, 0.25) is 10.0 Å². The normalized spacial score (nSPS) is 15.7. The van der Waals surface area contributed by atoms with Crippen LogP contribution in [0.15, 0.2) is 47.4 Å². The molecular weight excluding hydrogens is 398 g/mol. The number of benzene rings is 2. The summed E-state index contributed by atoms with van der Waals surface area (Å²) in [4.78, 5) is 14.4. The maximum absolute atomic E-state index is 13.1. The van der Waals surface area contributed by atoms with Crippen LogP contribution in [-0.4, -0.2) is 49.7 Å². The molecule has 0 saturated carbocycles. The largest absolute Gasteiger partial charge is 0.337 e. The van der Waals surface area contributed by atoms with E-state index in [2.05, 4.69) is 0 Å². The van der Waals surface area contributed by atoms with Gasteiger partial charge in [0.05, 0.1) is 5.56 Å². The van der Waals surface area contributed by atoms with E-state index in [1.807, 2.05) is 31.2 Å². The standard InChI is InChI=1S/C20H20ClN3O3S/c1-15-4-2-5-16(12-15)20(25)23-8-3-9-24(11-10-23)28(26,27)19-13-18(21)7-6-17(19)14-22/h2,4-7,12-13H,3,8-11H2,1H3. The van der Waals surface area contributed by atoms with Crippen LogP contribution in [0.2, 0.25) is 5.02 Å². The minimum atomic E-state index is -3.88. The molecule has 2 aromatic carbocycles. The highest BCUT2D eigenvalue weighted by atomic mass is 35.5. The first-order chi connectivity index (χ1) is 13.3. The Balaban J connectivity index is 1.81. The van der Waals surface area contributed by atoms with E-state index in [0.29, 0.717) is 18.5 Å². The van der Waals surface area contributed by atoms with Gasteiger partial charge in [-0.3, -0.25) is 4.79 Å². The third kappa shape index (κ3) is 4.20. The fourth-order valence-electron chi connectivity index (χ4n) is 3.24. The molecule has 0 atom stereocenters. The quantitative estimate of drug-likeness (QED) is 0.768. The van der Waals surface area contributed by atoms with Crippen LogP contribution in [0.25, 0.3) is 0 Å². The highest BCUT2D eigenvalue weighted by Crippen LogP contribution is 2.25. The van der Waals surface area contributed by atoms with Crippen molar-refractivity contribution in [3.63, 3.8) is 0 Å². The van der Waals surface area contributed by atoms with Crippen molar-refractivity contribution in [3.8, 4) is 6.07 Å². The Labute approximate surface area is 170 Å². The van der Waals surface area contributed by atoms with Crippen molar-refractivity contribution >= 4 is 27.5 Å². The van der Waals surface area contributed by atoms with Gasteiger partial charge in [-0.15, -0.1) is 0 Å². The third-order valence-electron chi connectivity index (χ3n) is 4.69. The molecule has 2 aromatic rings. The van der Waals surface area contributed by atoms with E-state index < -0.39 is 10.0 Å². The first-order valence-corrected chi connectivity index (χ1v) is 10.7. The van der Waals surface area contributed by atoms with Crippen molar-refractivity contribution in [2.75, 3.05) is 26.2 Å². The molecular formula is C20H20ClN3O3S. The van der Waals surface area contributed by atoms with Crippen LogP contribution in [0.1, 0.15) is 27.9 Å². The fourth-order valence-corrected chi connectivity index (χ4v) is 5.11. The van der Waals surface area contributed by atoms with Crippen LogP contribution in [0.4, 0.5) is 0 Å². The molecule has 0 radical (unpaired) electrons. The minimum absolute atomic E-state index is 0.0568. The van der Waals surface area contributed by atoms with Crippen LogP contribution >= 0.6 is 11.6 Å². The van der Waals surface area contributed by atoms with E-state index in [1.165, 1.54) is 22.5 Å². The summed E-state index contributed by atoms with van der Waals surface area (Å²) in [5.41, 5.74) is 1.65. The average molecular weight is 418 g/mol. The Kier molecular flexibility index (Phi) is 6.04. The molecule has 0 aliphatic carbocycles. The molecule has 1 heterocycles. The van der Waals surface area contributed by atoms with E-state index in [-0.39, 0.29) is 41.0 Å². The summed E-state index contributed by atoms with van der Waals surface area (Å²) in [6.07, 6.45) is 0.513. The van der Waals surface area contributed by atoms with Gasteiger partial charge in [0.1, 0.15) is 11.0 Å². The number of aryl methyl sites for hydroxylation is 1. The first-order valence-electron chi connectivity index (χ1n) is 8.88. The van der Waals surface area contributed by atoms with Gasteiger partial charge in [0.25, 0.3) is 5.91 Å². The third-order valence-corrected chi connectivity index (χ3v) is 6.86. The zero-order valence-corrected chi connectivity index (χ0v) is 17.0. The minimum Gasteiger partial charge on any atom is -0.337 e. The summed E-state index contributed by atoms with van der Waals surface area (Å²) < 4.78 is 27.5. The summed E-state index contributed by atoms with van der Waals surface area (Å²) in [7, 11) is -3.88. The van der Waals surface area contributed by atoms with Gasteiger partial charge >= 0.3 is 0 Å². The van der Waals surface area contributed by atoms with Gasteiger partial charge in [-0.25, -0.2) is 8.42 Å². The molecule has 1 aliphatic heterocycles. The van der Waals surface area contributed by atoms with E-state index >= 15 is 0 Å². The van der Waals surface area contributed by atoms with E-state index in [1.54, 1.807) is 11.0 Å². The van der Waals surface area contributed by atoms with Crippen molar-refractivity contribution in [2.45, 2.75) is 18.2 Å². The highest BCUT2D eigenvalue weighted by Gasteiger charge is 2.30. The van der Waals surface area contributed by atoms with Crippen molar-refractivity contribution in [3.05, 3.63) is 64.2 Å². The zero-order valence-electron chi connectivity index (χ0n) is 15.4. The lowest BCUT2D eigenvalue weighted by atomic mass is 10.1. The predicted molar refractivity (Wildman–Crippen MR) is 107 cm³/mol. The van der Waals surface area contributed by atoms with E-state index in [9.17, 15) is 18.5 Å². The van der Waals surface area contributed by atoms with Crippen molar-refractivity contribution in [1.29, 1.82) is 5.26 Å². The number of hydrogen-bond donors (Lipinski definition) is 0. The number of rotatable bonds is 3. The van der Waals surface area contributed by atoms with Crippen LogP contribution in [0, 0.1) is 18.3 Å². The van der Waals surface area contributed by atoms with Crippen molar-refractivity contribution in [1.82, 2.24) is 9.21 Å². The molecule has 8 heteroatoms. The zero-order chi connectivity index (χ0) is 20.3. The van der Waals surface area contributed by atoms with Gasteiger partial charge < -0.3 is 4.90 Å². The number of carbonyl (C=O) groups is 1. The molecule has 0 bridgehead atoms. The summed E-state index contributed by atoms with van der Waals surface area (Å²) in [5.74, 6) is -0.108. The molecule has 0 N–H and O–H groups in total. The number of halogens is 1. The number of hydrogen-bond acceptors (Lipinski definition) is 4. The SMILES string of the molecule is Cc1cccc(C(=O)N2CCCN(S(=O)(=O)c3cc(Cl)ccc3C#N)CC2)c1. The Morgan fingerprint density at radius 1 is 1.11 bits per heavy atom. The second-order valence-electron chi connectivity index (χ2n) is 6.67. The first kappa shape index (κ1) is 20.3. The molecule has 28 heavy (non-hydrogen) atoms. The van der Waals surface area contributed by atoms with Crippen LogP contribution in [-0.2, 0) is 10.0 Å². The summed E-state index contributed by atoms with van der Waals surface area (Å²) in [6.45, 7) is 3.12. The average Bonchev–Trinajstić information content (AvgIpc) is 2.94. The van der Waals surface area contributed by atoms with Gasteiger partial charge in [0, 0.05) is 36.8 Å². The van der Waals surface area contributed by atoms with Crippen LogP contribution in [0.5, 0.6) is 0 Å². The number of nitriles is 1. The highest BCUT2D eigenvalue weighted by molar-refractivity contribution is 7.89. The Morgan fingerprint density at radius 3 is 2.61 bits per heavy atom. The number of carbonyl (C=O) groups excluding carboxylic acids is 1. The molecule has 1 aliphatic rings. The number of amides is 1. The predicted octanol–water partition coefficient (Wildman–Crippen LogP) is 3.06. The van der Waals surface area contributed by atoms with Gasteiger partial charge in [-0.1, -0.05) is 29.3 Å².